The van der Waals surface area contributed by atoms with Gasteiger partial charge in [-0.3, -0.25) is 0 Å². The zero-order valence-electron chi connectivity index (χ0n) is 13.8. The van der Waals surface area contributed by atoms with E-state index < -0.39 is 0 Å². The van der Waals surface area contributed by atoms with E-state index in [-0.39, 0.29) is 5.82 Å². The van der Waals surface area contributed by atoms with Gasteiger partial charge < -0.3 is 8.94 Å². The number of hydrogen-bond acceptors (Lipinski definition) is 9. The monoisotopic (exact) mass is 389 g/mol. The summed E-state index contributed by atoms with van der Waals surface area (Å²) in [6.07, 6.45) is 0. The predicted molar refractivity (Wildman–Crippen MR) is 94.1 cm³/mol. The quantitative estimate of drug-likeness (QED) is 0.467. The van der Waals surface area contributed by atoms with Gasteiger partial charge in [0.1, 0.15) is 10.7 Å². The second kappa shape index (κ2) is 6.96. The lowest BCUT2D eigenvalue weighted by Gasteiger charge is -1.92. The molecule has 132 valence electrons. The zero-order chi connectivity index (χ0) is 18.1. The zero-order valence-corrected chi connectivity index (χ0v) is 15.4. The number of nitrogens with zero attached hydrogens (tertiary/aromatic N) is 5. The van der Waals surface area contributed by atoms with Gasteiger partial charge in [-0.1, -0.05) is 16.9 Å². The SMILES string of the molecule is Cc1nc(C)c(-c2nnc(SCc3noc(-c4ccc(F)cc4)n3)o2)s1. The molecule has 4 rings (SSSR count). The lowest BCUT2D eigenvalue weighted by Crippen LogP contribution is -1.84. The van der Waals surface area contributed by atoms with Crippen LogP contribution in [-0.2, 0) is 5.75 Å². The van der Waals surface area contributed by atoms with Gasteiger partial charge in [-0.05, 0) is 38.1 Å². The summed E-state index contributed by atoms with van der Waals surface area (Å²) in [5.41, 5.74) is 1.53. The minimum atomic E-state index is -0.317. The van der Waals surface area contributed by atoms with Gasteiger partial charge in [0.05, 0.1) is 16.5 Å². The fourth-order valence-corrected chi connectivity index (χ4v) is 3.69. The van der Waals surface area contributed by atoms with E-state index in [0.29, 0.717) is 34.1 Å². The highest BCUT2D eigenvalue weighted by Gasteiger charge is 2.16. The first-order valence-corrected chi connectivity index (χ1v) is 9.38. The van der Waals surface area contributed by atoms with Gasteiger partial charge in [-0.15, -0.1) is 21.5 Å². The molecule has 0 amide bonds. The molecule has 1 aromatic carbocycles. The van der Waals surface area contributed by atoms with Gasteiger partial charge >= 0.3 is 0 Å². The van der Waals surface area contributed by atoms with Crippen molar-refractivity contribution in [3.8, 4) is 22.2 Å². The number of thioether (sulfide) groups is 1. The highest BCUT2D eigenvalue weighted by atomic mass is 32.2. The Labute approximate surface area is 155 Å². The van der Waals surface area contributed by atoms with Crippen molar-refractivity contribution >= 4 is 23.1 Å². The second-order valence-electron chi connectivity index (χ2n) is 5.33. The van der Waals surface area contributed by atoms with E-state index in [2.05, 4.69) is 25.3 Å². The number of thiazole rings is 1. The molecule has 0 unspecified atom stereocenters. The Kier molecular flexibility index (Phi) is 4.51. The molecule has 0 aliphatic carbocycles. The maximum absolute atomic E-state index is 13.0. The van der Waals surface area contributed by atoms with E-state index in [1.165, 1.54) is 35.2 Å². The Morgan fingerprint density at radius 2 is 1.88 bits per heavy atom. The van der Waals surface area contributed by atoms with Crippen LogP contribution in [0.25, 0.3) is 22.2 Å². The van der Waals surface area contributed by atoms with Crippen molar-refractivity contribution in [1.82, 2.24) is 25.3 Å². The van der Waals surface area contributed by atoms with E-state index in [9.17, 15) is 4.39 Å². The van der Waals surface area contributed by atoms with Gasteiger partial charge in [0, 0.05) is 5.56 Å². The number of benzene rings is 1. The van der Waals surface area contributed by atoms with E-state index in [1.807, 2.05) is 13.8 Å². The fourth-order valence-electron chi connectivity index (χ4n) is 2.24. The van der Waals surface area contributed by atoms with E-state index >= 15 is 0 Å². The van der Waals surface area contributed by atoms with Crippen LogP contribution < -0.4 is 0 Å². The molecule has 0 saturated heterocycles. The molecule has 4 aromatic rings. The van der Waals surface area contributed by atoms with Gasteiger partial charge in [0.2, 0.25) is 0 Å². The summed E-state index contributed by atoms with van der Waals surface area (Å²) in [7, 11) is 0. The largest absolute Gasteiger partial charge is 0.410 e. The van der Waals surface area contributed by atoms with Crippen LogP contribution in [0.15, 0.2) is 38.4 Å². The van der Waals surface area contributed by atoms with Crippen molar-refractivity contribution in [2.45, 2.75) is 24.8 Å². The van der Waals surface area contributed by atoms with Crippen molar-refractivity contribution in [1.29, 1.82) is 0 Å². The molecule has 7 nitrogen and oxygen atoms in total. The predicted octanol–water partition coefficient (Wildman–Crippen LogP) is 4.29. The van der Waals surface area contributed by atoms with Crippen LogP contribution in [0.2, 0.25) is 0 Å². The first-order valence-electron chi connectivity index (χ1n) is 7.58. The molecule has 0 spiro atoms. The van der Waals surface area contributed by atoms with Crippen LogP contribution in [0.3, 0.4) is 0 Å². The topological polar surface area (TPSA) is 90.7 Å². The van der Waals surface area contributed by atoms with Crippen LogP contribution in [0.1, 0.15) is 16.5 Å². The molecule has 0 radical (unpaired) electrons. The van der Waals surface area contributed by atoms with E-state index in [4.69, 9.17) is 8.94 Å². The first-order chi connectivity index (χ1) is 12.6. The van der Waals surface area contributed by atoms with Gasteiger partial charge in [0.15, 0.2) is 5.82 Å². The number of hydrogen-bond donors (Lipinski definition) is 0. The maximum Gasteiger partial charge on any atom is 0.277 e. The summed E-state index contributed by atoms with van der Waals surface area (Å²) in [6, 6.07) is 5.86. The van der Waals surface area contributed by atoms with E-state index in [1.54, 1.807) is 12.1 Å². The second-order valence-corrected chi connectivity index (χ2v) is 7.46. The summed E-state index contributed by atoms with van der Waals surface area (Å²) in [6.45, 7) is 3.84. The molecule has 0 aliphatic heterocycles. The minimum Gasteiger partial charge on any atom is -0.410 e. The number of aryl methyl sites for hydroxylation is 2. The number of rotatable bonds is 5. The van der Waals surface area contributed by atoms with Crippen molar-refractivity contribution in [2.75, 3.05) is 0 Å². The first kappa shape index (κ1) is 16.9. The van der Waals surface area contributed by atoms with Gasteiger partial charge in [-0.2, -0.15) is 4.98 Å². The summed E-state index contributed by atoms with van der Waals surface area (Å²) < 4.78 is 23.8. The van der Waals surface area contributed by atoms with Crippen LogP contribution in [0, 0.1) is 19.7 Å². The molecule has 3 aromatic heterocycles. The van der Waals surface area contributed by atoms with Crippen molar-refractivity contribution in [2.24, 2.45) is 0 Å². The standard InChI is InChI=1S/C16H12FN5O2S2/c1-8-13(26-9(2)18-8)15-20-21-16(23-15)25-7-12-19-14(24-22-12)10-3-5-11(17)6-4-10/h3-6H,7H2,1-2H3. The maximum atomic E-state index is 13.0. The summed E-state index contributed by atoms with van der Waals surface area (Å²) in [4.78, 5) is 9.52. The molecule has 3 heterocycles. The Bertz CT molecular complexity index is 1040. The highest BCUT2D eigenvalue weighted by Crippen LogP contribution is 2.31. The smallest absolute Gasteiger partial charge is 0.277 e. The Morgan fingerprint density at radius 1 is 1.08 bits per heavy atom. The van der Waals surface area contributed by atoms with Crippen molar-refractivity contribution < 1.29 is 13.3 Å². The molecule has 0 bridgehead atoms. The molecule has 10 heteroatoms. The normalized spacial score (nSPS) is 11.2. The Balaban J connectivity index is 1.43. The van der Waals surface area contributed by atoms with Crippen LogP contribution in [0.5, 0.6) is 0 Å². The molecule has 0 saturated carbocycles. The number of halogens is 1. The third kappa shape index (κ3) is 3.51. The molecule has 26 heavy (non-hydrogen) atoms. The van der Waals surface area contributed by atoms with Crippen molar-refractivity contribution in [3.63, 3.8) is 0 Å². The third-order valence-corrected chi connectivity index (χ3v) is 5.26. The van der Waals surface area contributed by atoms with Crippen LogP contribution >= 0.6 is 23.1 Å². The lowest BCUT2D eigenvalue weighted by molar-refractivity contribution is 0.425. The number of aromatic nitrogens is 5. The van der Waals surface area contributed by atoms with Crippen LogP contribution in [0.4, 0.5) is 4.39 Å². The van der Waals surface area contributed by atoms with Gasteiger partial charge in [-0.25, -0.2) is 9.37 Å². The summed E-state index contributed by atoms with van der Waals surface area (Å²) in [5, 5.41) is 13.4. The Hall–Kier alpha value is -2.59. The minimum absolute atomic E-state index is 0.317. The molecular weight excluding hydrogens is 377 g/mol. The lowest BCUT2D eigenvalue weighted by atomic mass is 10.2. The summed E-state index contributed by atoms with van der Waals surface area (Å²) in [5.74, 6) is 1.37. The van der Waals surface area contributed by atoms with Gasteiger partial charge in [0.25, 0.3) is 17.0 Å². The molecular formula is C16H12FN5O2S2. The van der Waals surface area contributed by atoms with Crippen LogP contribution in [-0.4, -0.2) is 25.3 Å². The average Bonchev–Trinajstić information content (AvgIpc) is 3.33. The molecule has 0 aliphatic rings. The third-order valence-electron chi connectivity index (χ3n) is 3.39. The molecule has 0 fully saturated rings. The fraction of sp³-hybridized carbons (Fsp3) is 0.188. The molecule has 0 N–H and O–H groups in total. The highest BCUT2D eigenvalue weighted by molar-refractivity contribution is 7.98. The van der Waals surface area contributed by atoms with Crippen molar-refractivity contribution in [3.05, 3.63) is 46.6 Å². The summed E-state index contributed by atoms with van der Waals surface area (Å²) >= 11 is 2.83. The molecule has 0 atom stereocenters. The van der Waals surface area contributed by atoms with E-state index in [0.717, 1.165) is 15.6 Å². The average molecular weight is 389 g/mol. The Morgan fingerprint density at radius 3 is 2.62 bits per heavy atom.